The Hall–Kier alpha value is -2.28. The molecule has 1 unspecified atom stereocenters. The molecule has 0 aliphatic carbocycles. The van der Waals surface area contributed by atoms with E-state index in [2.05, 4.69) is 20.2 Å². The van der Waals surface area contributed by atoms with E-state index < -0.39 is 0 Å². The zero-order valence-corrected chi connectivity index (χ0v) is 13.7. The van der Waals surface area contributed by atoms with Gasteiger partial charge in [0.05, 0.1) is 9.75 Å². The first-order valence-corrected chi connectivity index (χ1v) is 8.39. The van der Waals surface area contributed by atoms with Gasteiger partial charge in [0, 0.05) is 31.5 Å². The highest BCUT2D eigenvalue weighted by atomic mass is 32.1. The first-order chi connectivity index (χ1) is 11.1. The minimum atomic E-state index is -0.122. The highest BCUT2D eigenvalue weighted by Crippen LogP contribution is 2.19. The minimum Gasteiger partial charge on any atom is -0.347 e. The lowest BCUT2D eigenvalue weighted by molar-refractivity contribution is 0.0936. The molecule has 1 aliphatic heterocycles. The molecule has 3 heterocycles. The molecule has 0 spiro atoms. The van der Waals surface area contributed by atoms with Crippen molar-refractivity contribution < 1.29 is 9.59 Å². The van der Waals surface area contributed by atoms with E-state index in [0.717, 1.165) is 19.4 Å². The van der Waals surface area contributed by atoms with Gasteiger partial charge in [0.15, 0.2) is 5.78 Å². The molecular formula is C16H18N4O2S. The predicted molar refractivity (Wildman–Crippen MR) is 89.1 cm³/mol. The van der Waals surface area contributed by atoms with Crippen molar-refractivity contribution in [2.75, 3.05) is 18.0 Å². The van der Waals surface area contributed by atoms with Gasteiger partial charge in [-0.1, -0.05) is 0 Å². The number of ketones is 1. The van der Waals surface area contributed by atoms with Gasteiger partial charge in [0.1, 0.15) is 0 Å². The Balaban J connectivity index is 1.63. The number of nitrogens with zero attached hydrogens (tertiary/aromatic N) is 3. The highest BCUT2D eigenvalue weighted by Gasteiger charge is 2.24. The molecular weight excluding hydrogens is 312 g/mol. The topological polar surface area (TPSA) is 75.2 Å². The number of rotatable bonds is 4. The van der Waals surface area contributed by atoms with E-state index >= 15 is 0 Å². The highest BCUT2D eigenvalue weighted by molar-refractivity contribution is 7.15. The first-order valence-electron chi connectivity index (χ1n) is 7.57. The molecule has 1 aliphatic rings. The Kier molecular flexibility index (Phi) is 4.66. The Bertz CT molecular complexity index is 701. The van der Waals surface area contributed by atoms with Crippen LogP contribution in [-0.2, 0) is 0 Å². The van der Waals surface area contributed by atoms with Gasteiger partial charge in [0.25, 0.3) is 5.91 Å². The van der Waals surface area contributed by atoms with Crippen LogP contribution in [0.4, 0.5) is 5.95 Å². The number of thiophene rings is 1. The van der Waals surface area contributed by atoms with E-state index in [1.165, 1.54) is 18.3 Å². The summed E-state index contributed by atoms with van der Waals surface area (Å²) >= 11 is 1.23. The number of carbonyl (C=O) groups is 2. The van der Waals surface area contributed by atoms with Crippen molar-refractivity contribution in [3.63, 3.8) is 0 Å². The van der Waals surface area contributed by atoms with Crippen molar-refractivity contribution in [2.45, 2.75) is 25.8 Å². The first kappa shape index (κ1) is 15.6. The van der Waals surface area contributed by atoms with Gasteiger partial charge in [-0.15, -0.1) is 11.3 Å². The molecule has 0 saturated carbocycles. The van der Waals surface area contributed by atoms with Crippen LogP contribution in [0.3, 0.4) is 0 Å². The molecule has 1 fully saturated rings. The molecule has 3 rings (SSSR count). The summed E-state index contributed by atoms with van der Waals surface area (Å²) in [6, 6.07) is 5.25. The second kappa shape index (κ2) is 6.87. The van der Waals surface area contributed by atoms with Gasteiger partial charge >= 0.3 is 0 Å². The standard InChI is InChI=1S/C16H18N4O2S/c1-11(21)13-5-6-14(23-13)15(22)19-12-4-2-9-20(10-12)16-17-7-3-8-18-16/h3,5-8,12H,2,4,9-10H2,1H3,(H,19,22). The van der Waals surface area contributed by atoms with E-state index in [1.54, 1.807) is 30.6 Å². The zero-order valence-electron chi connectivity index (χ0n) is 12.9. The number of hydrogen-bond donors (Lipinski definition) is 1. The summed E-state index contributed by atoms with van der Waals surface area (Å²) in [7, 11) is 0. The average molecular weight is 330 g/mol. The van der Waals surface area contributed by atoms with Crippen LogP contribution in [0.15, 0.2) is 30.6 Å². The molecule has 2 aromatic heterocycles. The number of anilines is 1. The maximum absolute atomic E-state index is 12.3. The van der Waals surface area contributed by atoms with Crippen LogP contribution in [0.5, 0.6) is 0 Å². The normalized spacial score (nSPS) is 17.8. The molecule has 1 N–H and O–H groups in total. The number of piperidine rings is 1. The maximum Gasteiger partial charge on any atom is 0.261 e. The smallest absolute Gasteiger partial charge is 0.261 e. The van der Waals surface area contributed by atoms with E-state index in [4.69, 9.17) is 0 Å². The van der Waals surface area contributed by atoms with Crippen LogP contribution in [0.25, 0.3) is 0 Å². The molecule has 1 saturated heterocycles. The molecule has 0 aromatic carbocycles. The fraction of sp³-hybridized carbons (Fsp3) is 0.375. The third kappa shape index (κ3) is 3.73. The zero-order chi connectivity index (χ0) is 16.2. The van der Waals surface area contributed by atoms with Gasteiger partial charge < -0.3 is 10.2 Å². The van der Waals surface area contributed by atoms with Gasteiger partial charge in [0.2, 0.25) is 5.95 Å². The summed E-state index contributed by atoms with van der Waals surface area (Å²) in [4.78, 5) is 35.5. The number of amides is 1. The number of Topliss-reactive ketones (excluding diaryl/α,β-unsaturated/α-hetero) is 1. The minimum absolute atomic E-state index is 0.0147. The van der Waals surface area contributed by atoms with Crippen LogP contribution >= 0.6 is 11.3 Å². The Labute approximate surface area is 138 Å². The fourth-order valence-corrected chi connectivity index (χ4v) is 3.44. The van der Waals surface area contributed by atoms with Crippen LogP contribution in [0.2, 0.25) is 0 Å². The summed E-state index contributed by atoms with van der Waals surface area (Å²) in [5, 5.41) is 3.05. The molecule has 7 heteroatoms. The van der Waals surface area contributed by atoms with Crippen LogP contribution in [-0.4, -0.2) is 40.8 Å². The largest absolute Gasteiger partial charge is 0.347 e. The van der Waals surface area contributed by atoms with Crippen LogP contribution in [0.1, 0.15) is 39.1 Å². The van der Waals surface area contributed by atoms with Crippen molar-refractivity contribution >= 4 is 29.0 Å². The Morgan fingerprint density at radius 2 is 2.00 bits per heavy atom. The van der Waals surface area contributed by atoms with E-state index in [1.807, 2.05) is 0 Å². The predicted octanol–water partition coefficient (Wildman–Crippen LogP) is 2.14. The van der Waals surface area contributed by atoms with Gasteiger partial charge in [-0.2, -0.15) is 0 Å². The van der Waals surface area contributed by atoms with Crippen molar-refractivity contribution in [1.29, 1.82) is 0 Å². The number of aromatic nitrogens is 2. The summed E-state index contributed by atoms with van der Waals surface area (Å²) in [5.74, 6) is 0.559. The Morgan fingerprint density at radius 1 is 1.26 bits per heavy atom. The molecule has 0 radical (unpaired) electrons. The van der Waals surface area contributed by atoms with Gasteiger partial charge in [-0.05, 0) is 38.0 Å². The third-order valence-corrected chi connectivity index (χ3v) is 4.95. The number of nitrogens with one attached hydrogen (secondary N) is 1. The summed E-state index contributed by atoms with van der Waals surface area (Å²) < 4.78 is 0. The molecule has 0 bridgehead atoms. The van der Waals surface area contributed by atoms with Crippen molar-refractivity contribution in [2.24, 2.45) is 0 Å². The summed E-state index contributed by atoms with van der Waals surface area (Å²) in [6.07, 6.45) is 5.35. The SMILES string of the molecule is CC(=O)c1ccc(C(=O)NC2CCCN(c3ncccn3)C2)s1. The summed E-state index contributed by atoms with van der Waals surface area (Å²) in [5.41, 5.74) is 0. The van der Waals surface area contributed by atoms with Crippen LogP contribution in [0, 0.1) is 0 Å². The average Bonchev–Trinajstić information content (AvgIpc) is 3.06. The quantitative estimate of drug-likeness (QED) is 0.869. The van der Waals surface area contributed by atoms with Crippen molar-refractivity contribution in [1.82, 2.24) is 15.3 Å². The fourth-order valence-electron chi connectivity index (χ4n) is 2.64. The van der Waals surface area contributed by atoms with Crippen LogP contribution < -0.4 is 10.2 Å². The van der Waals surface area contributed by atoms with E-state index in [0.29, 0.717) is 22.2 Å². The van der Waals surface area contributed by atoms with Gasteiger partial charge in [-0.25, -0.2) is 9.97 Å². The maximum atomic E-state index is 12.3. The monoisotopic (exact) mass is 330 g/mol. The van der Waals surface area contributed by atoms with Crippen molar-refractivity contribution in [3.05, 3.63) is 40.3 Å². The molecule has 23 heavy (non-hydrogen) atoms. The molecule has 6 nitrogen and oxygen atoms in total. The van der Waals surface area contributed by atoms with Gasteiger partial charge in [-0.3, -0.25) is 9.59 Å². The summed E-state index contributed by atoms with van der Waals surface area (Å²) in [6.45, 7) is 3.09. The Morgan fingerprint density at radius 3 is 2.70 bits per heavy atom. The van der Waals surface area contributed by atoms with E-state index in [-0.39, 0.29) is 17.7 Å². The second-order valence-electron chi connectivity index (χ2n) is 5.53. The number of hydrogen-bond acceptors (Lipinski definition) is 6. The molecule has 2 aromatic rings. The lowest BCUT2D eigenvalue weighted by Crippen LogP contribution is -2.48. The molecule has 1 amide bonds. The molecule has 1 atom stereocenters. The van der Waals surface area contributed by atoms with Crippen molar-refractivity contribution in [3.8, 4) is 0 Å². The third-order valence-electron chi connectivity index (χ3n) is 3.77. The van der Waals surface area contributed by atoms with E-state index in [9.17, 15) is 9.59 Å². The molecule has 120 valence electrons. The number of carbonyl (C=O) groups excluding carboxylic acids is 2. The lowest BCUT2D eigenvalue weighted by Gasteiger charge is -2.32. The lowest BCUT2D eigenvalue weighted by atomic mass is 10.1. The second-order valence-corrected chi connectivity index (χ2v) is 6.61.